The Hall–Kier alpha value is -2.97. The van der Waals surface area contributed by atoms with Gasteiger partial charge in [-0.25, -0.2) is 9.97 Å². The van der Waals surface area contributed by atoms with Gasteiger partial charge in [0.25, 0.3) is 0 Å². The van der Waals surface area contributed by atoms with Gasteiger partial charge in [-0.1, -0.05) is 30.3 Å². The zero-order chi connectivity index (χ0) is 29.6. The van der Waals surface area contributed by atoms with Crippen LogP contribution in [-0.4, -0.2) is 126 Å². The van der Waals surface area contributed by atoms with Crippen molar-refractivity contribution >= 4 is 46.3 Å². The third-order valence-electron chi connectivity index (χ3n) is 6.94. The molecular formula is C29H44N8O4S. The molecule has 0 aliphatic carbocycles. The van der Waals surface area contributed by atoms with Crippen molar-refractivity contribution in [1.29, 1.82) is 0 Å². The van der Waals surface area contributed by atoms with Crippen molar-refractivity contribution in [2.45, 2.75) is 6.54 Å². The molecule has 0 bridgehead atoms. The molecule has 4 rings (SSSR count). The summed E-state index contributed by atoms with van der Waals surface area (Å²) in [7, 11) is 6.80. The van der Waals surface area contributed by atoms with Crippen molar-refractivity contribution in [2.75, 3.05) is 126 Å². The van der Waals surface area contributed by atoms with Crippen LogP contribution in [0.2, 0.25) is 0 Å². The molecule has 3 heterocycles. The molecule has 0 spiro atoms. The molecule has 42 heavy (non-hydrogen) atoms. The van der Waals surface area contributed by atoms with Crippen LogP contribution in [-0.2, 0) is 25.5 Å². The third kappa shape index (κ3) is 8.77. The number of thioether (sulfide) groups is 1. The number of ether oxygens (including phenoxy) is 4. The standard InChI is InChI=1S/C29H44N8O4S/c1-38-16-10-36(11-17-39-2)28-32-25-24(26(33-28)30-22-23-8-6-5-7-9-23)31-29(37(12-18-40-3)13-19-41-4)34-27(25)35-14-20-42-21-15-35/h5-9H,10-22H2,1-4H3,(H,30,32,33). The van der Waals surface area contributed by atoms with Gasteiger partial charge >= 0.3 is 0 Å². The van der Waals surface area contributed by atoms with Crippen LogP contribution in [0.4, 0.5) is 23.5 Å². The monoisotopic (exact) mass is 600 g/mol. The minimum Gasteiger partial charge on any atom is -0.383 e. The predicted molar refractivity (Wildman–Crippen MR) is 170 cm³/mol. The fourth-order valence-corrected chi connectivity index (χ4v) is 5.49. The molecule has 13 heteroatoms. The summed E-state index contributed by atoms with van der Waals surface area (Å²) in [6.45, 7) is 7.05. The highest BCUT2D eigenvalue weighted by Crippen LogP contribution is 2.32. The smallest absolute Gasteiger partial charge is 0.228 e. The Kier molecular flexibility index (Phi) is 13.1. The summed E-state index contributed by atoms with van der Waals surface area (Å²) in [4.78, 5) is 26.9. The fourth-order valence-electron chi connectivity index (χ4n) is 4.59. The second kappa shape index (κ2) is 17.2. The van der Waals surface area contributed by atoms with Gasteiger partial charge < -0.3 is 39.0 Å². The summed E-state index contributed by atoms with van der Waals surface area (Å²) in [6.07, 6.45) is 0. The van der Waals surface area contributed by atoms with Gasteiger partial charge in [-0.2, -0.15) is 21.7 Å². The first-order chi connectivity index (χ1) is 20.7. The number of nitrogens with zero attached hydrogens (tertiary/aromatic N) is 7. The summed E-state index contributed by atoms with van der Waals surface area (Å²) in [5.41, 5.74) is 2.56. The van der Waals surface area contributed by atoms with Gasteiger partial charge in [0.15, 0.2) is 11.6 Å². The number of hydrogen-bond donors (Lipinski definition) is 1. The van der Waals surface area contributed by atoms with Gasteiger partial charge in [-0.15, -0.1) is 0 Å². The van der Waals surface area contributed by atoms with Gasteiger partial charge in [0.2, 0.25) is 11.9 Å². The summed E-state index contributed by atoms with van der Waals surface area (Å²) in [6, 6.07) is 10.3. The van der Waals surface area contributed by atoms with Crippen molar-refractivity contribution in [3.63, 3.8) is 0 Å². The quantitative estimate of drug-likeness (QED) is 0.231. The molecule has 1 fully saturated rings. The van der Waals surface area contributed by atoms with Gasteiger partial charge in [0.05, 0.1) is 26.4 Å². The molecule has 1 N–H and O–H groups in total. The number of benzene rings is 1. The lowest BCUT2D eigenvalue weighted by Crippen LogP contribution is -2.36. The molecule has 0 amide bonds. The topological polar surface area (TPSA) is 110 Å². The maximum atomic E-state index is 5.41. The normalized spacial score (nSPS) is 13.5. The highest BCUT2D eigenvalue weighted by atomic mass is 32.2. The van der Waals surface area contributed by atoms with Crippen molar-refractivity contribution in [3.8, 4) is 0 Å². The first kappa shape index (κ1) is 32.0. The summed E-state index contributed by atoms with van der Waals surface area (Å²) < 4.78 is 21.6. The van der Waals surface area contributed by atoms with E-state index in [1.165, 1.54) is 0 Å². The second-order valence-electron chi connectivity index (χ2n) is 9.80. The highest BCUT2D eigenvalue weighted by molar-refractivity contribution is 7.99. The lowest BCUT2D eigenvalue weighted by Gasteiger charge is -2.30. The van der Waals surface area contributed by atoms with Crippen LogP contribution in [0.15, 0.2) is 30.3 Å². The number of anilines is 4. The van der Waals surface area contributed by atoms with Crippen LogP contribution in [0.5, 0.6) is 0 Å². The molecule has 1 aromatic carbocycles. The minimum atomic E-state index is 0.539. The molecule has 1 saturated heterocycles. The van der Waals surface area contributed by atoms with Crippen molar-refractivity contribution in [2.24, 2.45) is 0 Å². The average molecular weight is 601 g/mol. The Morgan fingerprint density at radius 3 is 1.79 bits per heavy atom. The molecule has 1 aliphatic rings. The van der Waals surface area contributed by atoms with E-state index in [9.17, 15) is 0 Å². The first-order valence-electron chi connectivity index (χ1n) is 14.3. The van der Waals surface area contributed by atoms with E-state index < -0.39 is 0 Å². The van der Waals surface area contributed by atoms with E-state index in [-0.39, 0.29) is 0 Å². The van der Waals surface area contributed by atoms with E-state index >= 15 is 0 Å². The SMILES string of the molecule is COCCN(CCOC)c1nc(N2CCSCC2)c2nc(N(CCOC)CCOC)nc(NCc3ccccc3)c2n1. The van der Waals surface area contributed by atoms with E-state index in [2.05, 4.69) is 32.1 Å². The second-order valence-corrected chi connectivity index (χ2v) is 11.0. The zero-order valence-electron chi connectivity index (χ0n) is 25.3. The number of fused-ring (bicyclic) bond motifs is 1. The van der Waals surface area contributed by atoms with Crippen LogP contribution in [0.3, 0.4) is 0 Å². The summed E-state index contributed by atoms with van der Waals surface area (Å²) >= 11 is 1.96. The average Bonchev–Trinajstić information content (AvgIpc) is 3.04. The Balaban J connectivity index is 1.88. The van der Waals surface area contributed by atoms with E-state index in [0.717, 1.165) is 41.5 Å². The first-order valence-corrected chi connectivity index (χ1v) is 15.5. The Morgan fingerprint density at radius 1 is 0.714 bits per heavy atom. The van der Waals surface area contributed by atoms with E-state index in [0.29, 0.717) is 82.4 Å². The van der Waals surface area contributed by atoms with Crippen LogP contribution >= 0.6 is 11.8 Å². The minimum absolute atomic E-state index is 0.539. The molecule has 0 unspecified atom stereocenters. The van der Waals surface area contributed by atoms with E-state index in [1.54, 1.807) is 28.4 Å². The van der Waals surface area contributed by atoms with Gasteiger partial charge in [0, 0.05) is 85.8 Å². The van der Waals surface area contributed by atoms with Crippen molar-refractivity contribution < 1.29 is 18.9 Å². The van der Waals surface area contributed by atoms with Gasteiger partial charge in [-0.05, 0) is 5.56 Å². The molecule has 2 aromatic heterocycles. The lowest BCUT2D eigenvalue weighted by atomic mass is 10.2. The molecule has 0 saturated carbocycles. The zero-order valence-corrected chi connectivity index (χ0v) is 26.1. The Labute approximate surface area is 253 Å². The summed E-state index contributed by atoms with van der Waals surface area (Å²) in [5.74, 6) is 4.74. The van der Waals surface area contributed by atoms with Crippen LogP contribution < -0.4 is 20.0 Å². The molecule has 12 nitrogen and oxygen atoms in total. The molecule has 0 atom stereocenters. The number of methoxy groups -OCH3 is 4. The maximum absolute atomic E-state index is 5.41. The fraction of sp³-hybridized carbons (Fsp3) is 0.586. The van der Waals surface area contributed by atoms with Crippen LogP contribution in [0, 0.1) is 0 Å². The van der Waals surface area contributed by atoms with Gasteiger partial charge in [-0.3, -0.25) is 0 Å². The number of nitrogens with one attached hydrogen (secondary N) is 1. The van der Waals surface area contributed by atoms with E-state index in [1.807, 2.05) is 30.0 Å². The largest absolute Gasteiger partial charge is 0.383 e. The Morgan fingerprint density at radius 2 is 1.24 bits per heavy atom. The third-order valence-corrected chi connectivity index (χ3v) is 7.88. The Bertz CT molecular complexity index is 1200. The molecule has 230 valence electrons. The molecular weight excluding hydrogens is 556 g/mol. The lowest BCUT2D eigenvalue weighted by molar-refractivity contribution is 0.189. The molecule has 0 radical (unpaired) electrons. The van der Waals surface area contributed by atoms with Crippen molar-refractivity contribution in [1.82, 2.24) is 19.9 Å². The van der Waals surface area contributed by atoms with Crippen LogP contribution in [0.1, 0.15) is 5.56 Å². The predicted octanol–water partition coefficient (Wildman–Crippen LogP) is 2.78. The molecule has 3 aromatic rings. The number of rotatable bonds is 18. The van der Waals surface area contributed by atoms with E-state index in [4.69, 9.17) is 38.9 Å². The maximum Gasteiger partial charge on any atom is 0.228 e. The van der Waals surface area contributed by atoms with Crippen LogP contribution in [0.25, 0.3) is 11.0 Å². The number of aromatic nitrogens is 4. The van der Waals surface area contributed by atoms with Crippen molar-refractivity contribution in [3.05, 3.63) is 35.9 Å². The van der Waals surface area contributed by atoms with Gasteiger partial charge in [0.1, 0.15) is 11.0 Å². The molecule has 1 aliphatic heterocycles. The highest BCUT2D eigenvalue weighted by Gasteiger charge is 2.25. The number of hydrogen-bond acceptors (Lipinski definition) is 13. The summed E-state index contributed by atoms with van der Waals surface area (Å²) in [5, 5.41) is 3.57.